The number of thiazole rings is 1. The van der Waals surface area contributed by atoms with E-state index in [4.69, 9.17) is 0 Å². The number of benzene rings is 1. The number of phenols is 1. The van der Waals surface area contributed by atoms with Gasteiger partial charge in [-0.1, -0.05) is 6.07 Å². The number of piperazine rings is 1. The van der Waals surface area contributed by atoms with Gasteiger partial charge in [-0.05, 0) is 24.6 Å². The van der Waals surface area contributed by atoms with Crippen molar-refractivity contribution in [1.82, 2.24) is 9.88 Å². The summed E-state index contributed by atoms with van der Waals surface area (Å²) in [6.45, 7) is 4.74. The van der Waals surface area contributed by atoms with Gasteiger partial charge < -0.3 is 14.9 Å². The quantitative estimate of drug-likeness (QED) is 0.923. The molecule has 21 heavy (non-hydrogen) atoms. The molecule has 6 heteroatoms. The predicted octanol–water partition coefficient (Wildman–Crippen LogP) is 2.12. The van der Waals surface area contributed by atoms with Gasteiger partial charge >= 0.3 is 0 Å². The topological polar surface area (TPSA) is 56.7 Å². The van der Waals surface area contributed by atoms with Crippen molar-refractivity contribution in [3.05, 3.63) is 40.9 Å². The summed E-state index contributed by atoms with van der Waals surface area (Å²) in [5, 5.41) is 12.7. The number of aromatic hydroxyl groups is 1. The van der Waals surface area contributed by atoms with Crippen LogP contribution in [0, 0.1) is 6.92 Å². The van der Waals surface area contributed by atoms with Crippen LogP contribution in [0.1, 0.15) is 15.9 Å². The molecule has 1 amide bonds. The number of amides is 1. The Labute approximate surface area is 127 Å². The van der Waals surface area contributed by atoms with Crippen LogP contribution in [0.3, 0.4) is 0 Å². The zero-order valence-electron chi connectivity index (χ0n) is 11.8. The van der Waals surface area contributed by atoms with E-state index >= 15 is 0 Å². The van der Waals surface area contributed by atoms with E-state index in [2.05, 4.69) is 9.88 Å². The van der Waals surface area contributed by atoms with Crippen molar-refractivity contribution in [2.24, 2.45) is 0 Å². The van der Waals surface area contributed by atoms with Crippen molar-refractivity contribution in [2.45, 2.75) is 6.92 Å². The van der Waals surface area contributed by atoms with Crippen molar-refractivity contribution in [1.29, 1.82) is 0 Å². The first-order valence-electron chi connectivity index (χ1n) is 6.88. The molecule has 1 fully saturated rings. The van der Waals surface area contributed by atoms with Gasteiger partial charge in [-0.15, -0.1) is 11.3 Å². The van der Waals surface area contributed by atoms with Crippen LogP contribution < -0.4 is 4.90 Å². The first kappa shape index (κ1) is 13.9. The molecule has 1 aromatic heterocycles. The standard InChI is InChI=1S/C15H17N3O2S/c1-11-2-3-12(10-13(11)19)14(20)17-5-7-18(8-6-17)15-16-4-9-21-15/h2-4,9-10,19H,5-8H2,1H3. The molecule has 1 aliphatic rings. The van der Waals surface area contributed by atoms with Gasteiger partial charge in [0.15, 0.2) is 5.13 Å². The molecule has 0 radical (unpaired) electrons. The van der Waals surface area contributed by atoms with Crippen LogP contribution >= 0.6 is 11.3 Å². The number of hydrogen-bond acceptors (Lipinski definition) is 5. The second-order valence-electron chi connectivity index (χ2n) is 5.10. The Kier molecular flexibility index (Phi) is 3.79. The fourth-order valence-electron chi connectivity index (χ4n) is 2.40. The fraction of sp³-hybridized carbons (Fsp3) is 0.333. The van der Waals surface area contributed by atoms with Crippen molar-refractivity contribution in [3.63, 3.8) is 0 Å². The molecule has 0 spiro atoms. The summed E-state index contributed by atoms with van der Waals surface area (Å²) in [6, 6.07) is 5.09. The first-order valence-corrected chi connectivity index (χ1v) is 7.76. The average Bonchev–Trinajstić information content (AvgIpc) is 3.04. The summed E-state index contributed by atoms with van der Waals surface area (Å²) in [4.78, 5) is 20.8. The van der Waals surface area contributed by atoms with Gasteiger partial charge in [0, 0.05) is 43.3 Å². The van der Waals surface area contributed by atoms with E-state index in [9.17, 15) is 9.90 Å². The van der Waals surface area contributed by atoms with Crippen LogP contribution in [-0.2, 0) is 0 Å². The third-order valence-corrected chi connectivity index (χ3v) is 4.54. The molecule has 1 aromatic carbocycles. The smallest absolute Gasteiger partial charge is 0.254 e. The third-order valence-electron chi connectivity index (χ3n) is 3.71. The number of rotatable bonds is 2. The van der Waals surface area contributed by atoms with Gasteiger partial charge in [0.1, 0.15) is 5.75 Å². The van der Waals surface area contributed by atoms with Gasteiger partial charge in [0.05, 0.1) is 0 Å². The fourth-order valence-corrected chi connectivity index (χ4v) is 3.09. The number of hydrogen-bond donors (Lipinski definition) is 1. The van der Waals surface area contributed by atoms with Crippen molar-refractivity contribution < 1.29 is 9.90 Å². The normalized spacial score (nSPS) is 15.3. The number of carbonyl (C=O) groups is 1. The lowest BCUT2D eigenvalue weighted by molar-refractivity contribution is 0.0746. The van der Waals surface area contributed by atoms with Gasteiger partial charge in [-0.2, -0.15) is 0 Å². The Bertz CT molecular complexity index is 634. The number of aromatic nitrogens is 1. The minimum Gasteiger partial charge on any atom is -0.508 e. The average molecular weight is 303 g/mol. The molecule has 110 valence electrons. The minimum absolute atomic E-state index is 0.0240. The summed E-state index contributed by atoms with van der Waals surface area (Å²) in [7, 11) is 0. The van der Waals surface area contributed by atoms with E-state index < -0.39 is 0 Å². The van der Waals surface area contributed by atoms with E-state index in [1.807, 2.05) is 17.2 Å². The minimum atomic E-state index is -0.0240. The third kappa shape index (κ3) is 2.85. The largest absolute Gasteiger partial charge is 0.508 e. The highest BCUT2D eigenvalue weighted by Crippen LogP contribution is 2.21. The molecule has 5 nitrogen and oxygen atoms in total. The van der Waals surface area contributed by atoms with E-state index in [1.54, 1.807) is 35.7 Å². The molecule has 2 heterocycles. The maximum absolute atomic E-state index is 12.4. The molecule has 0 unspecified atom stereocenters. The Morgan fingerprint density at radius 3 is 2.67 bits per heavy atom. The monoisotopic (exact) mass is 303 g/mol. The maximum Gasteiger partial charge on any atom is 0.254 e. The van der Waals surface area contributed by atoms with Gasteiger partial charge in [-0.3, -0.25) is 4.79 Å². The molecule has 2 aromatic rings. The second-order valence-corrected chi connectivity index (χ2v) is 5.97. The Morgan fingerprint density at radius 2 is 2.05 bits per heavy atom. The SMILES string of the molecule is Cc1ccc(C(=O)N2CCN(c3nccs3)CC2)cc1O. The first-order chi connectivity index (χ1) is 10.1. The highest BCUT2D eigenvalue weighted by molar-refractivity contribution is 7.13. The van der Waals surface area contributed by atoms with Crippen LogP contribution in [0.25, 0.3) is 0 Å². The maximum atomic E-state index is 12.4. The lowest BCUT2D eigenvalue weighted by Crippen LogP contribution is -2.48. The lowest BCUT2D eigenvalue weighted by Gasteiger charge is -2.34. The number of aryl methyl sites for hydroxylation is 1. The molecule has 1 aliphatic heterocycles. The van der Waals surface area contributed by atoms with E-state index in [0.717, 1.165) is 23.8 Å². The molecular formula is C15H17N3O2S. The van der Waals surface area contributed by atoms with Gasteiger partial charge in [-0.25, -0.2) is 4.98 Å². The summed E-state index contributed by atoms with van der Waals surface area (Å²) in [5.41, 5.74) is 1.32. The molecule has 1 saturated heterocycles. The Hall–Kier alpha value is -2.08. The van der Waals surface area contributed by atoms with Crippen molar-refractivity contribution in [3.8, 4) is 5.75 Å². The number of nitrogens with zero attached hydrogens (tertiary/aromatic N) is 3. The van der Waals surface area contributed by atoms with Crippen LogP contribution in [0.4, 0.5) is 5.13 Å². The summed E-state index contributed by atoms with van der Waals surface area (Å²) in [6.07, 6.45) is 1.80. The summed E-state index contributed by atoms with van der Waals surface area (Å²) in [5.74, 6) is 0.145. The number of phenolic OH excluding ortho intramolecular Hbond substituents is 1. The van der Waals surface area contributed by atoms with E-state index in [0.29, 0.717) is 18.7 Å². The van der Waals surface area contributed by atoms with E-state index in [1.165, 1.54) is 0 Å². The molecule has 3 rings (SSSR count). The van der Waals surface area contributed by atoms with Gasteiger partial charge in [0.25, 0.3) is 5.91 Å². The predicted molar refractivity (Wildman–Crippen MR) is 83.1 cm³/mol. The van der Waals surface area contributed by atoms with Crippen LogP contribution in [0.2, 0.25) is 0 Å². The highest BCUT2D eigenvalue weighted by atomic mass is 32.1. The lowest BCUT2D eigenvalue weighted by atomic mass is 10.1. The summed E-state index contributed by atoms with van der Waals surface area (Å²) >= 11 is 1.62. The number of carbonyl (C=O) groups excluding carboxylic acids is 1. The molecule has 0 aliphatic carbocycles. The second kappa shape index (κ2) is 5.73. The highest BCUT2D eigenvalue weighted by Gasteiger charge is 2.23. The van der Waals surface area contributed by atoms with Crippen LogP contribution in [0.5, 0.6) is 5.75 Å². The number of anilines is 1. The molecule has 0 bridgehead atoms. The van der Waals surface area contributed by atoms with Crippen molar-refractivity contribution >= 4 is 22.4 Å². The van der Waals surface area contributed by atoms with Gasteiger partial charge in [0.2, 0.25) is 0 Å². The Morgan fingerprint density at radius 1 is 1.29 bits per heavy atom. The Balaban J connectivity index is 1.66. The van der Waals surface area contributed by atoms with E-state index in [-0.39, 0.29) is 11.7 Å². The zero-order chi connectivity index (χ0) is 14.8. The summed E-state index contributed by atoms with van der Waals surface area (Å²) < 4.78 is 0. The molecule has 0 atom stereocenters. The molecule has 1 N–H and O–H groups in total. The van der Waals surface area contributed by atoms with Crippen molar-refractivity contribution in [2.75, 3.05) is 31.1 Å². The van der Waals surface area contributed by atoms with Crippen LogP contribution in [-0.4, -0.2) is 47.1 Å². The molecule has 0 saturated carbocycles. The van der Waals surface area contributed by atoms with Crippen LogP contribution in [0.15, 0.2) is 29.8 Å². The molecular weight excluding hydrogens is 286 g/mol. The zero-order valence-corrected chi connectivity index (χ0v) is 12.6.